The van der Waals surface area contributed by atoms with Gasteiger partial charge in [-0.15, -0.1) is 0 Å². The van der Waals surface area contributed by atoms with Crippen molar-refractivity contribution in [3.8, 4) is 0 Å². The molecule has 0 fully saturated rings. The second-order valence-electron chi connectivity index (χ2n) is 0.496. The smallest absolute Gasteiger partial charge is 1.00 e. The summed E-state index contributed by atoms with van der Waals surface area (Å²) in [7, 11) is 1.44. The minimum absolute atomic E-state index is 0. The molecule has 0 heterocycles. The number of ether oxygens (including phenoxy) is 1. The molecule has 0 amide bonds. The van der Waals surface area contributed by atoms with E-state index in [0.717, 1.165) is 0 Å². The van der Waals surface area contributed by atoms with Crippen LogP contribution in [0.1, 0.15) is 0 Å². The van der Waals surface area contributed by atoms with Crippen molar-refractivity contribution in [3.63, 3.8) is 0 Å². The van der Waals surface area contributed by atoms with E-state index in [4.69, 9.17) is 23.2 Å². The summed E-state index contributed by atoms with van der Waals surface area (Å²) in [5.74, 6) is 0. The maximum atomic E-state index is 5.01. The Labute approximate surface area is 110 Å². The minimum atomic E-state index is -0.671. The summed E-state index contributed by atoms with van der Waals surface area (Å²) in [4.78, 5) is 0. The molecule has 0 aromatic carbocycles. The first kappa shape index (κ1) is 39.3. The van der Waals surface area contributed by atoms with Crippen molar-refractivity contribution in [3.05, 3.63) is 0 Å². The monoisotopic (exact) mass is 302 g/mol. The third-order valence-electron chi connectivity index (χ3n) is 0.178. The van der Waals surface area contributed by atoms with E-state index in [1.807, 2.05) is 0 Å². The van der Waals surface area contributed by atoms with E-state index in [-0.39, 0.29) is 71.3 Å². The van der Waals surface area contributed by atoms with Crippen LogP contribution in [0.2, 0.25) is 0 Å². The third kappa shape index (κ3) is 47.4. The van der Waals surface area contributed by atoms with Crippen LogP contribution in [0.15, 0.2) is 0 Å². The summed E-state index contributed by atoms with van der Waals surface area (Å²) in [6, 6.07) is 0. The van der Waals surface area contributed by atoms with Crippen LogP contribution in [0.5, 0.6) is 0 Å². The first-order valence-electron chi connectivity index (χ1n) is 1.08. The van der Waals surface area contributed by atoms with Gasteiger partial charge in [0.1, 0.15) is 0 Å². The zero-order chi connectivity index (χ0) is 4.28. The van der Waals surface area contributed by atoms with Crippen LogP contribution < -0.4 is 49.6 Å². The van der Waals surface area contributed by atoms with Crippen molar-refractivity contribution < 1.29 is 76.1 Å². The summed E-state index contributed by atoms with van der Waals surface area (Å²) in [5.41, 5.74) is 0. The first-order chi connectivity index (χ1) is 2.27. The Morgan fingerprint density at radius 3 is 1.10 bits per heavy atom. The van der Waals surface area contributed by atoms with Gasteiger partial charge in [-0.25, -0.2) is 0 Å². The van der Waals surface area contributed by atoms with Gasteiger partial charge in [-0.1, -0.05) is 23.2 Å². The maximum Gasteiger partial charge on any atom is 4.00 e. The summed E-state index contributed by atoms with van der Waals surface area (Å²) < 4.78 is 4.28. The molecule has 10 heavy (non-hydrogen) atoms. The molecule has 0 unspecified atom stereocenters. The second-order valence-corrected chi connectivity index (χ2v) is 1.51. The Morgan fingerprint density at radius 2 is 1.10 bits per heavy atom. The molecule has 0 spiro atoms. The van der Waals surface area contributed by atoms with Gasteiger partial charge < -0.3 is 54.4 Å². The van der Waals surface area contributed by atoms with Crippen molar-refractivity contribution in [1.82, 2.24) is 0 Å². The van der Waals surface area contributed by atoms with Gasteiger partial charge in [0.05, 0.1) is 0 Å². The van der Waals surface area contributed by atoms with Crippen LogP contribution in [0.3, 0.4) is 0 Å². The summed E-state index contributed by atoms with van der Waals surface area (Å²) in [6.07, 6.45) is 0. The zero-order valence-corrected chi connectivity index (χ0v) is 10.9. The van der Waals surface area contributed by atoms with E-state index in [9.17, 15) is 0 Å². The molecule has 0 rings (SSSR count). The van der Waals surface area contributed by atoms with Gasteiger partial charge in [-0.3, -0.25) is 0 Å². The van der Waals surface area contributed by atoms with E-state index in [1.165, 1.54) is 7.11 Å². The van der Waals surface area contributed by atoms with Crippen LogP contribution in [0.4, 0.5) is 0 Å². The van der Waals surface area contributed by atoms with Gasteiger partial charge in [0, 0.05) is 7.11 Å². The average molecular weight is 305 g/mol. The van der Waals surface area contributed by atoms with E-state index in [1.54, 1.807) is 0 Å². The van der Waals surface area contributed by atoms with Gasteiger partial charge in [-0.2, -0.15) is 0 Å². The predicted octanol–water partition coefficient (Wildman–Crippen LogP) is -10.6. The second kappa shape index (κ2) is 30.1. The molecule has 0 saturated carbocycles. The number of hydrogen-bond acceptors (Lipinski definition) is 1. The fourth-order valence-electron chi connectivity index (χ4n) is 0. The quantitative estimate of drug-likeness (QED) is 0.345. The maximum absolute atomic E-state index is 5.01. The summed E-state index contributed by atoms with van der Waals surface area (Å²) in [5, 5.41) is -0.671. The number of rotatable bonds is 1. The van der Waals surface area contributed by atoms with Crippen LogP contribution >= 0.6 is 23.2 Å². The molecule has 0 bridgehead atoms. The molecule has 0 radical (unpaired) electrons. The SMILES string of the molecule is COC(Cl)Cl.[Cl-].[Cl-].[Cl-].[Cl-].[Ti+4]. The molecule has 0 aliphatic carbocycles. The Kier molecular flexibility index (Phi) is 118. The fourth-order valence-corrected chi connectivity index (χ4v) is 0. The topological polar surface area (TPSA) is 9.23 Å². The molecule has 8 heteroatoms. The fraction of sp³-hybridized carbons (Fsp3) is 1.00. The normalized spacial score (nSPS) is 4.80. The molecular weight excluding hydrogens is 301 g/mol. The molecular formula is C2H4Cl6OTi. The van der Waals surface area contributed by atoms with Gasteiger partial charge in [0.25, 0.3) is 0 Å². The molecule has 0 atom stereocenters. The van der Waals surface area contributed by atoms with Crippen LogP contribution in [0.25, 0.3) is 0 Å². The Balaban J connectivity index is -0.00000000800. The van der Waals surface area contributed by atoms with Crippen LogP contribution in [-0.4, -0.2) is 12.1 Å². The third-order valence-corrected chi connectivity index (χ3v) is 0.535. The zero-order valence-electron chi connectivity index (χ0n) is 4.75. The van der Waals surface area contributed by atoms with Gasteiger partial charge in [-0.05, 0) is 0 Å². The number of hydrogen-bond donors (Lipinski definition) is 0. The van der Waals surface area contributed by atoms with E-state index < -0.39 is 5.02 Å². The Bertz CT molecular complexity index is 29.7. The number of alkyl halides is 2. The van der Waals surface area contributed by atoms with Crippen molar-refractivity contribution in [2.45, 2.75) is 5.02 Å². The van der Waals surface area contributed by atoms with Crippen LogP contribution in [0, 0.1) is 0 Å². The van der Waals surface area contributed by atoms with E-state index >= 15 is 0 Å². The number of halogens is 6. The van der Waals surface area contributed by atoms with Crippen molar-refractivity contribution in [2.75, 3.05) is 7.11 Å². The largest absolute Gasteiger partial charge is 4.00 e. The van der Waals surface area contributed by atoms with Gasteiger partial charge in [0.15, 0.2) is 0 Å². The molecule has 0 aromatic heterocycles. The van der Waals surface area contributed by atoms with Gasteiger partial charge in [0.2, 0.25) is 5.02 Å². The van der Waals surface area contributed by atoms with Crippen molar-refractivity contribution in [2.24, 2.45) is 0 Å². The molecule has 0 aromatic rings. The standard InChI is InChI=1S/C2H4Cl2O.4ClH.Ti/c1-5-2(3)4;;;;;/h2H,1H3;4*1H;/q;;;;;+4/p-4. The van der Waals surface area contributed by atoms with E-state index in [2.05, 4.69) is 4.74 Å². The average Bonchev–Trinajstić information content (AvgIpc) is 1.38. The van der Waals surface area contributed by atoms with Gasteiger partial charge >= 0.3 is 21.7 Å². The van der Waals surface area contributed by atoms with Crippen LogP contribution in [-0.2, 0) is 26.5 Å². The molecule has 1 nitrogen and oxygen atoms in total. The predicted molar refractivity (Wildman–Crippen MR) is 22.5 cm³/mol. The van der Waals surface area contributed by atoms with E-state index in [0.29, 0.717) is 0 Å². The molecule has 0 aliphatic rings. The van der Waals surface area contributed by atoms with Crippen molar-refractivity contribution >= 4 is 23.2 Å². The minimum Gasteiger partial charge on any atom is -1.00 e. The molecule has 0 N–H and O–H groups in total. The summed E-state index contributed by atoms with van der Waals surface area (Å²) >= 11 is 10.0. The first-order valence-corrected chi connectivity index (χ1v) is 1.95. The molecule has 64 valence electrons. The number of methoxy groups -OCH3 is 1. The van der Waals surface area contributed by atoms with Crippen molar-refractivity contribution in [1.29, 1.82) is 0 Å². The Hall–Kier alpha value is 2.41. The Morgan fingerprint density at radius 1 is 1.00 bits per heavy atom. The molecule has 0 aliphatic heterocycles. The molecule has 0 saturated heterocycles. The summed E-state index contributed by atoms with van der Waals surface area (Å²) in [6.45, 7) is 0.